The van der Waals surface area contributed by atoms with Crippen molar-refractivity contribution in [1.82, 2.24) is 25.6 Å². The normalized spacial score (nSPS) is 17.1. The van der Waals surface area contributed by atoms with E-state index in [4.69, 9.17) is 21.1 Å². The molecule has 0 spiro atoms. The number of ketones is 1. The number of aromatic nitrogens is 3. The number of Topliss-reactive ketones (excluding diaryl/α,β-unsaturated/α-hetero) is 1. The molecule has 1 saturated carbocycles. The maximum atomic E-state index is 12.9. The van der Waals surface area contributed by atoms with E-state index in [9.17, 15) is 37.8 Å². The Morgan fingerprint density at radius 3 is 2.31 bits per heavy atom. The molecule has 6 N–H and O–H groups in total. The van der Waals surface area contributed by atoms with E-state index >= 15 is 0 Å². The molecule has 2 aliphatic carbocycles. The van der Waals surface area contributed by atoms with E-state index in [1.165, 1.54) is 24.3 Å². The van der Waals surface area contributed by atoms with Gasteiger partial charge in [0.15, 0.2) is 18.5 Å². The van der Waals surface area contributed by atoms with Crippen LogP contribution in [0.3, 0.4) is 0 Å². The lowest BCUT2D eigenvalue weighted by Crippen LogP contribution is -2.51. The number of nitrogens with zero attached hydrogens (tertiary/aromatic N) is 3. The number of nitrogens with one attached hydrogen (secondary N) is 4. The Bertz CT molecular complexity index is 1720. The molecule has 0 bridgehead atoms. The van der Waals surface area contributed by atoms with Crippen LogP contribution in [0.1, 0.15) is 35.7 Å². The number of amides is 1. The third kappa shape index (κ3) is 8.21. The van der Waals surface area contributed by atoms with Crippen LogP contribution in [0.5, 0.6) is 6.01 Å². The quantitative estimate of drug-likeness (QED) is 0.136. The number of aliphatic hydroxyl groups excluding tert-OH is 1. The molecule has 2 aliphatic rings. The van der Waals surface area contributed by atoms with Gasteiger partial charge in [-0.2, -0.15) is 28.1 Å². The largest absolute Gasteiger partial charge is 0.488 e. The first-order valence-electron chi connectivity index (χ1n) is 14.5. The number of ether oxygens (including phenoxy) is 2. The monoisotopic (exact) mass is 691 g/mol. The summed E-state index contributed by atoms with van der Waals surface area (Å²) in [6, 6.07) is 10.7. The number of carbonyl (C=O) groups excluding carboxylic acids is 2. The Kier molecular flexibility index (Phi) is 9.90. The van der Waals surface area contributed by atoms with Crippen molar-refractivity contribution in [3.8, 4) is 6.01 Å². The van der Waals surface area contributed by atoms with Crippen molar-refractivity contribution >= 4 is 46.8 Å². The topological polar surface area (TPSA) is 197 Å². The third-order valence-electron chi connectivity index (χ3n) is 7.26. The van der Waals surface area contributed by atoms with Crippen molar-refractivity contribution in [2.24, 2.45) is 0 Å². The first-order valence-corrected chi connectivity index (χ1v) is 14.9. The van der Waals surface area contributed by atoms with Gasteiger partial charge < -0.3 is 41.0 Å². The molecule has 254 valence electrons. The minimum Gasteiger partial charge on any atom is -0.488 e. The highest BCUT2D eigenvalue weighted by atomic mass is 35.5. The Hall–Kier alpha value is -5.16. The zero-order valence-corrected chi connectivity index (χ0v) is 25.9. The van der Waals surface area contributed by atoms with E-state index in [2.05, 4.69) is 36.2 Å². The summed E-state index contributed by atoms with van der Waals surface area (Å²) < 4.78 is 48.6. The first-order chi connectivity index (χ1) is 22.8. The lowest BCUT2D eigenvalue weighted by molar-refractivity contribution is -0.154. The summed E-state index contributed by atoms with van der Waals surface area (Å²) in [5.74, 6) is -3.04. The maximum absolute atomic E-state index is 12.9. The summed E-state index contributed by atoms with van der Waals surface area (Å²) in [5, 5.41) is 31.0. The van der Waals surface area contributed by atoms with Gasteiger partial charge in [0.1, 0.15) is 6.04 Å². The van der Waals surface area contributed by atoms with Crippen LogP contribution in [0.4, 0.5) is 30.8 Å². The van der Waals surface area contributed by atoms with Crippen LogP contribution in [0.2, 0.25) is 5.02 Å². The van der Waals surface area contributed by atoms with Gasteiger partial charge in [0, 0.05) is 22.8 Å². The van der Waals surface area contributed by atoms with Gasteiger partial charge in [0.05, 0.1) is 17.8 Å². The Balaban J connectivity index is 1.27. The van der Waals surface area contributed by atoms with Gasteiger partial charge in [-0.05, 0) is 61.7 Å². The van der Waals surface area contributed by atoms with E-state index in [-0.39, 0.29) is 42.1 Å². The first kappa shape index (κ1) is 34.2. The van der Waals surface area contributed by atoms with E-state index in [0.717, 1.165) is 5.56 Å². The van der Waals surface area contributed by atoms with Crippen molar-refractivity contribution in [2.75, 3.05) is 30.4 Å². The number of anilines is 3. The summed E-state index contributed by atoms with van der Waals surface area (Å²) in [5.41, 5.74) is 0.766. The molecule has 48 heavy (non-hydrogen) atoms. The van der Waals surface area contributed by atoms with Crippen LogP contribution in [0, 0.1) is 0 Å². The van der Waals surface area contributed by atoms with Crippen LogP contribution in [0.25, 0.3) is 0 Å². The number of benzene rings is 2. The van der Waals surface area contributed by atoms with Crippen LogP contribution in [-0.2, 0) is 19.9 Å². The molecule has 0 radical (unpaired) electrons. The lowest BCUT2D eigenvalue weighted by Gasteiger charge is -2.29. The number of aliphatic carboxylic acids is 1. The van der Waals surface area contributed by atoms with Crippen molar-refractivity contribution in [3.63, 3.8) is 0 Å². The second-order valence-corrected chi connectivity index (χ2v) is 11.2. The number of alkyl halides is 3. The number of aliphatic hydroxyl groups is 1. The van der Waals surface area contributed by atoms with Crippen molar-refractivity contribution in [2.45, 2.75) is 43.6 Å². The predicted molar refractivity (Wildman–Crippen MR) is 164 cm³/mol. The van der Waals surface area contributed by atoms with Crippen molar-refractivity contribution < 1.29 is 47.2 Å². The molecule has 1 unspecified atom stereocenters. The minimum absolute atomic E-state index is 0.0266. The molecule has 5 rings (SSSR count). The fraction of sp³-hybridized carbons (Fsp3) is 0.333. The van der Waals surface area contributed by atoms with Crippen LogP contribution in [0.15, 0.2) is 60.0 Å². The molecule has 2 aromatic carbocycles. The van der Waals surface area contributed by atoms with Gasteiger partial charge in [-0.1, -0.05) is 23.7 Å². The molecule has 1 aromatic heterocycles. The molecule has 1 amide bonds. The molecular weight excluding hydrogens is 663 g/mol. The van der Waals surface area contributed by atoms with E-state index in [0.29, 0.717) is 23.6 Å². The summed E-state index contributed by atoms with van der Waals surface area (Å²) >= 11 is 6.01. The summed E-state index contributed by atoms with van der Waals surface area (Å²) in [6.45, 7) is -0.185. The zero-order valence-electron chi connectivity index (χ0n) is 25.1. The number of carbonyl (C=O) groups is 3. The highest BCUT2D eigenvalue weighted by Crippen LogP contribution is 2.48. The standard InChI is InChI=1S/C30H29ClF3N7O7/c1-2-47-23-20(21(42)22(23)43)35-13-19(25(45)46)37-24(44)15-3-9-18(10-4-15)36-26-38-27(40-28(39-26)48-14-30(32,33)34)41-29(11-12-29)16-5-7-17(31)8-6-16/h3-10,19,21,35,42H,2,11-14H2,1H3,(H,37,44)(H,45,46)(H2,36,38,39,40,41)/t19-,21?/m0/s1. The van der Waals surface area contributed by atoms with Gasteiger partial charge in [-0.3, -0.25) is 9.59 Å². The number of hydrogen-bond acceptors (Lipinski definition) is 12. The Morgan fingerprint density at radius 1 is 1.04 bits per heavy atom. The highest BCUT2D eigenvalue weighted by molar-refractivity contribution is 6.30. The number of carboxylic acids is 1. The number of hydrogen-bond donors (Lipinski definition) is 6. The van der Waals surface area contributed by atoms with Crippen LogP contribution >= 0.6 is 11.6 Å². The second kappa shape index (κ2) is 13.9. The highest BCUT2D eigenvalue weighted by Gasteiger charge is 2.45. The average molecular weight is 692 g/mol. The van der Waals surface area contributed by atoms with Gasteiger partial charge in [-0.25, -0.2) is 4.79 Å². The number of carboxylic acid groups (broad SMARTS) is 1. The molecular formula is C30H29ClF3N7O7. The smallest absolute Gasteiger partial charge is 0.422 e. The van der Waals surface area contributed by atoms with Crippen molar-refractivity contribution in [1.29, 1.82) is 0 Å². The van der Waals surface area contributed by atoms with Gasteiger partial charge >= 0.3 is 18.2 Å². The zero-order chi connectivity index (χ0) is 34.6. The molecule has 3 aromatic rings. The lowest BCUT2D eigenvalue weighted by atomic mass is 9.97. The van der Waals surface area contributed by atoms with Crippen LogP contribution < -0.4 is 26.0 Å². The predicted octanol–water partition coefficient (Wildman–Crippen LogP) is 3.28. The average Bonchev–Trinajstić information content (AvgIpc) is 3.82. The Labute approximate surface area is 275 Å². The third-order valence-corrected chi connectivity index (χ3v) is 7.51. The van der Waals surface area contributed by atoms with Gasteiger partial charge in [-0.15, -0.1) is 0 Å². The molecule has 0 aliphatic heterocycles. The molecule has 2 atom stereocenters. The molecule has 14 nitrogen and oxygen atoms in total. The summed E-state index contributed by atoms with van der Waals surface area (Å²) in [4.78, 5) is 48.6. The minimum atomic E-state index is -4.64. The molecule has 18 heteroatoms. The fourth-order valence-electron chi connectivity index (χ4n) is 4.67. The van der Waals surface area contributed by atoms with Crippen molar-refractivity contribution in [3.05, 3.63) is 76.1 Å². The molecule has 0 saturated heterocycles. The number of rotatable bonds is 15. The molecule has 1 fully saturated rings. The Morgan fingerprint density at radius 2 is 1.71 bits per heavy atom. The summed E-state index contributed by atoms with van der Waals surface area (Å²) in [7, 11) is 0. The second-order valence-electron chi connectivity index (χ2n) is 10.8. The van der Waals surface area contributed by atoms with Crippen LogP contribution in [-0.4, -0.2) is 80.9 Å². The summed E-state index contributed by atoms with van der Waals surface area (Å²) in [6.07, 6.45) is -4.70. The van der Waals surface area contributed by atoms with E-state index in [1.54, 1.807) is 19.1 Å². The van der Waals surface area contributed by atoms with Gasteiger partial charge in [0.25, 0.3) is 5.91 Å². The SMILES string of the molecule is CCOC1=C(NC[C@H](NC(=O)c2ccc(Nc3nc(NC4(c5ccc(Cl)cc5)CC4)nc(OCC(F)(F)F)n3)cc2)C(=O)O)C(O)C1=O. The maximum Gasteiger partial charge on any atom is 0.422 e. The number of halogens is 4. The molecule has 1 heterocycles. The van der Waals surface area contributed by atoms with E-state index in [1.807, 2.05) is 12.1 Å². The fourth-order valence-corrected chi connectivity index (χ4v) is 4.79. The van der Waals surface area contributed by atoms with Gasteiger partial charge in [0.2, 0.25) is 17.7 Å². The van der Waals surface area contributed by atoms with E-state index < -0.39 is 54.1 Å².